The molecule has 3 aromatic carbocycles. The molecule has 8 nitrogen and oxygen atoms in total. The Bertz CT molecular complexity index is 1450. The summed E-state index contributed by atoms with van der Waals surface area (Å²) in [5.41, 5.74) is 3.70. The molecular weight excluding hydrogens is 488 g/mol. The van der Waals surface area contributed by atoms with E-state index in [1.165, 1.54) is 10.8 Å². The second kappa shape index (κ2) is 11.1. The Morgan fingerprint density at radius 1 is 1.17 bits per heavy atom. The molecule has 0 bridgehead atoms. The van der Waals surface area contributed by atoms with E-state index in [9.17, 15) is 14.7 Å². The van der Waals surface area contributed by atoms with Crippen molar-refractivity contribution in [2.75, 3.05) is 12.4 Å². The van der Waals surface area contributed by atoms with Crippen molar-refractivity contribution in [3.63, 3.8) is 0 Å². The molecule has 10 heteroatoms. The second-order valence-electron chi connectivity index (χ2n) is 7.24. The number of nitrogens with one attached hydrogen (secondary N) is 1. The lowest BCUT2D eigenvalue weighted by molar-refractivity contribution is -0.118. The number of carbonyl (C=O) groups is 1. The predicted octanol–water partition coefficient (Wildman–Crippen LogP) is 4.39. The summed E-state index contributed by atoms with van der Waals surface area (Å²) in [5.74, 6) is -0.174. The largest absolute Gasteiger partial charge is 0.504 e. The smallest absolute Gasteiger partial charge is 0.266 e. The highest BCUT2D eigenvalue weighted by Gasteiger charge is 2.15. The van der Waals surface area contributed by atoms with Crippen molar-refractivity contribution in [3.8, 4) is 17.2 Å². The van der Waals surface area contributed by atoms with E-state index in [2.05, 4.69) is 15.5 Å². The summed E-state index contributed by atoms with van der Waals surface area (Å²) in [7, 11) is 0. The Balaban J connectivity index is 1.53. The standard InChI is InChI=1S/C25H21ClN4O4S/c1-2-34-21-9-5-6-16(23(21)32)14-27-29-22(31)15-35-25-28-20-8-4-3-7-19(20)24(33)30(25)18-12-10-17(26)11-13-18/h3-14,32H,2,15H2,1H3,(H,29,31)/b27-14-. The SMILES string of the molecule is CCOc1cccc(/C=N\NC(=O)CSc2nc3ccccc3c(=O)n2-c2ccc(Cl)cc2)c1O. The van der Waals surface area contributed by atoms with E-state index in [0.717, 1.165) is 11.8 Å². The van der Waals surface area contributed by atoms with E-state index in [0.29, 0.717) is 44.7 Å². The Labute approximate surface area is 210 Å². The van der Waals surface area contributed by atoms with Crippen LogP contribution >= 0.6 is 23.4 Å². The fraction of sp³-hybridized carbons (Fsp3) is 0.120. The molecule has 0 radical (unpaired) electrons. The van der Waals surface area contributed by atoms with Crippen LogP contribution in [0.2, 0.25) is 5.02 Å². The van der Waals surface area contributed by atoms with Gasteiger partial charge in [0, 0.05) is 10.6 Å². The maximum absolute atomic E-state index is 13.2. The number of hydrogen-bond acceptors (Lipinski definition) is 7. The van der Waals surface area contributed by atoms with Gasteiger partial charge in [-0.05, 0) is 55.5 Å². The molecule has 0 aliphatic heterocycles. The monoisotopic (exact) mass is 508 g/mol. The van der Waals surface area contributed by atoms with Crippen LogP contribution in [0.15, 0.2) is 81.8 Å². The van der Waals surface area contributed by atoms with Gasteiger partial charge in [0.2, 0.25) is 0 Å². The minimum absolute atomic E-state index is 0.0410. The summed E-state index contributed by atoms with van der Waals surface area (Å²) in [4.78, 5) is 30.3. The van der Waals surface area contributed by atoms with Crippen LogP contribution in [0.25, 0.3) is 16.6 Å². The van der Waals surface area contributed by atoms with Crippen LogP contribution in [-0.4, -0.2) is 39.1 Å². The summed E-state index contributed by atoms with van der Waals surface area (Å²) >= 11 is 7.11. The van der Waals surface area contributed by atoms with E-state index in [4.69, 9.17) is 16.3 Å². The van der Waals surface area contributed by atoms with Crippen LogP contribution in [0.4, 0.5) is 0 Å². The third-order valence-corrected chi connectivity index (χ3v) is 6.08. The highest BCUT2D eigenvalue weighted by Crippen LogP contribution is 2.28. The van der Waals surface area contributed by atoms with Crippen LogP contribution in [0.1, 0.15) is 12.5 Å². The number of ether oxygens (including phenoxy) is 1. The number of nitrogens with zero attached hydrogens (tertiary/aromatic N) is 3. The summed E-state index contributed by atoms with van der Waals surface area (Å²) < 4.78 is 6.80. The molecule has 1 amide bonds. The summed E-state index contributed by atoms with van der Waals surface area (Å²) in [6.45, 7) is 2.22. The number of hydrazone groups is 1. The number of aromatic hydroxyl groups is 1. The quantitative estimate of drug-likeness (QED) is 0.158. The molecule has 0 saturated carbocycles. The third-order valence-electron chi connectivity index (χ3n) is 4.89. The van der Waals surface area contributed by atoms with E-state index in [-0.39, 0.29) is 17.1 Å². The highest BCUT2D eigenvalue weighted by atomic mass is 35.5. The molecule has 0 aliphatic rings. The number of para-hydroxylation sites is 2. The lowest BCUT2D eigenvalue weighted by Gasteiger charge is -2.13. The highest BCUT2D eigenvalue weighted by molar-refractivity contribution is 7.99. The van der Waals surface area contributed by atoms with Crippen LogP contribution in [-0.2, 0) is 4.79 Å². The second-order valence-corrected chi connectivity index (χ2v) is 8.62. The minimum atomic E-state index is -0.406. The topological polar surface area (TPSA) is 106 Å². The van der Waals surface area contributed by atoms with E-state index < -0.39 is 5.91 Å². The van der Waals surface area contributed by atoms with Crippen molar-refractivity contribution >= 4 is 46.4 Å². The van der Waals surface area contributed by atoms with Gasteiger partial charge in [-0.25, -0.2) is 10.4 Å². The Morgan fingerprint density at radius 2 is 1.94 bits per heavy atom. The number of halogens is 1. The number of fused-ring (bicyclic) bond motifs is 1. The van der Waals surface area contributed by atoms with Crippen molar-refractivity contribution in [3.05, 3.63) is 87.7 Å². The Kier molecular flexibility index (Phi) is 7.69. The van der Waals surface area contributed by atoms with Gasteiger partial charge in [0.05, 0.1) is 35.2 Å². The first-order valence-electron chi connectivity index (χ1n) is 10.6. The maximum Gasteiger partial charge on any atom is 0.266 e. The molecule has 0 atom stereocenters. The van der Waals surface area contributed by atoms with Gasteiger partial charge in [-0.15, -0.1) is 0 Å². The summed E-state index contributed by atoms with van der Waals surface area (Å²) in [6.07, 6.45) is 1.33. The van der Waals surface area contributed by atoms with Crippen LogP contribution in [0.5, 0.6) is 11.5 Å². The van der Waals surface area contributed by atoms with Crippen molar-refractivity contribution in [2.45, 2.75) is 12.1 Å². The van der Waals surface area contributed by atoms with Crippen LogP contribution in [0.3, 0.4) is 0 Å². The van der Waals surface area contributed by atoms with Gasteiger partial charge in [0.1, 0.15) is 0 Å². The normalized spacial score (nSPS) is 11.1. The van der Waals surface area contributed by atoms with Gasteiger partial charge < -0.3 is 9.84 Å². The van der Waals surface area contributed by atoms with E-state index in [1.54, 1.807) is 66.7 Å². The summed E-state index contributed by atoms with van der Waals surface area (Å²) in [6, 6.07) is 18.8. The maximum atomic E-state index is 13.2. The average molecular weight is 509 g/mol. The predicted molar refractivity (Wildman–Crippen MR) is 138 cm³/mol. The number of carbonyl (C=O) groups excluding carboxylic acids is 1. The molecule has 35 heavy (non-hydrogen) atoms. The number of benzene rings is 3. The molecule has 0 aliphatic carbocycles. The zero-order valence-corrected chi connectivity index (χ0v) is 20.2. The Hall–Kier alpha value is -3.82. The van der Waals surface area contributed by atoms with Crippen molar-refractivity contribution < 1.29 is 14.6 Å². The van der Waals surface area contributed by atoms with Crippen LogP contribution < -0.4 is 15.7 Å². The van der Waals surface area contributed by atoms with Gasteiger partial charge in [0.25, 0.3) is 11.5 Å². The van der Waals surface area contributed by atoms with Crippen molar-refractivity contribution in [1.29, 1.82) is 0 Å². The molecule has 1 aromatic heterocycles. The molecule has 4 aromatic rings. The number of thioether (sulfide) groups is 1. The van der Waals surface area contributed by atoms with Gasteiger partial charge in [-0.1, -0.05) is 41.6 Å². The number of hydrogen-bond donors (Lipinski definition) is 2. The summed E-state index contributed by atoms with van der Waals surface area (Å²) in [5, 5.41) is 15.5. The first-order chi connectivity index (χ1) is 17.0. The van der Waals surface area contributed by atoms with E-state index >= 15 is 0 Å². The lowest BCUT2D eigenvalue weighted by Crippen LogP contribution is -2.24. The first-order valence-corrected chi connectivity index (χ1v) is 12.0. The van der Waals surface area contributed by atoms with Crippen molar-refractivity contribution in [1.82, 2.24) is 15.0 Å². The van der Waals surface area contributed by atoms with Crippen molar-refractivity contribution in [2.24, 2.45) is 5.10 Å². The fourth-order valence-electron chi connectivity index (χ4n) is 3.28. The van der Waals surface area contributed by atoms with E-state index in [1.807, 2.05) is 6.92 Å². The minimum Gasteiger partial charge on any atom is -0.504 e. The van der Waals surface area contributed by atoms with Gasteiger partial charge in [-0.3, -0.25) is 14.2 Å². The third kappa shape index (κ3) is 5.64. The molecule has 2 N–H and O–H groups in total. The fourth-order valence-corrected chi connectivity index (χ4v) is 4.21. The number of amides is 1. The van der Waals surface area contributed by atoms with Gasteiger partial charge >= 0.3 is 0 Å². The molecule has 1 heterocycles. The average Bonchev–Trinajstić information content (AvgIpc) is 2.86. The molecule has 0 fully saturated rings. The molecule has 0 spiro atoms. The molecule has 0 unspecified atom stereocenters. The first kappa shape index (κ1) is 24.3. The number of rotatable bonds is 8. The number of phenols is 1. The molecular formula is C25H21ClN4O4S. The zero-order valence-electron chi connectivity index (χ0n) is 18.6. The number of phenolic OH excluding ortho intramolecular Hbond substituents is 1. The zero-order chi connectivity index (χ0) is 24.8. The molecule has 178 valence electrons. The van der Waals surface area contributed by atoms with Crippen LogP contribution in [0, 0.1) is 0 Å². The molecule has 4 rings (SSSR count). The van der Waals surface area contributed by atoms with Gasteiger partial charge in [0.15, 0.2) is 16.7 Å². The molecule has 0 saturated heterocycles. The van der Waals surface area contributed by atoms with Gasteiger partial charge in [-0.2, -0.15) is 5.10 Å². The lowest BCUT2D eigenvalue weighted by atomic mass is 10.2. The number of aromatic nitrogens is 2. The Morgan fingerprint density at radius 3 is 2.71 bits per heavy atom.